The molecule has 0 nitrogen and oxygen atoms in total. The van der Waals surface area contributed by atoms with Gasteiger partial charge in [-0.15, -0.1) is 0 Å². The van der Waals surface area contributed by atoms with Crippen molar-refractivity contribution < 1.29 is 0 Å². The second-order valence-corrected chi connectivity index (χ2v) is 3.95. The molecule has 2 fully saturated rings. The van der Waals surface area contributed by atoms with Gasteiger partial charge >= 0.3 is 0 Å². The van der Waals surface area contributed by atoms with E-state index in [0.29, 0.717) is 0 Å². The monoisotopic (exact) mass is 120 g/mol. The summed E-state index contributed by atoms with van der Waals surface area (Å²) in [6.07, 6.45) is 4.46. The van der Waals surface area contributed by atoms with E-state index in [-0.39, 0.29) is 0 Å². The maximum absolute atomic E-state index is 2.42. The van der Waals surface area contributed by atoms with Crippen molar-refractivity contribution in [2.75, 3.05) is 0 Å². The molecule has 0 spiro atoms. The van der Waals surface area contributed by atoms with Crippen LogP contribution in [0.5, 0.6) is 0 Å². The average molecular weight is 120 g/mol. The summed E-state index contributed by atoms with van der Waals surface area (Å²) < 4.78 is 0. The Balaban J connectivity index is 2.23. The van der Waals surface area contributed by atoms with Crippen molar-refractivity contribution in [1.82, 2.24) is 0 Å². The Labute approximate surface area is 56.0 Å². The molecule has 4 aliphatic rings. The first-order valence-electron chi connectivity index (χ1n) is 4.07. The van der Waals surface area contributed by atoms with Crippen molar-refractivity contribution >= 4 is 0 Å². The van der Waals surface area contributed by atoms with Gasteiger partial charge in [-0.1, -0.05) is 18.1 Å². The predicted octanol–water partition coefficient (Wildman–Crippen LogP) is 2.36. The van der Waals surface area contributed by atoms with E-state index in [9.17, 15) is 0 Å². The van der Waals surface area contributed by atoms with E-state index in [0.717, 1.165) is 17.8 Å². The number of hydrogen-bond donors (Lipinski definition) is 0. The highest BCUT2D eigenvalue weighted by atomic mass is 14.5. The molecule has 0 aliphatic heterocycles. The van der Waals surface area contributed by atoms with Crippen molar-refractivity contribution in [3.8, 4) is 0 Å². The van der Waals surface area contributed by atoms with Gasteiger partial charge in [-0.2, -0.15) is 0 Å². The minimum atomic E-state index is 0.999. The highest BCUT2D eigenvalue weighted by molar-refractivity contribution is 5.37. The Hall–Kier alpha value is -0.260. The fraction of sp³-hybridized carbons (Fsp3) is 0.778. The Kier molecular flexibility index (Phi) is 0.564. The van der Waals surface area contributed by atoms with E-state index in [4.69, 9.17) is 0 Å². The van der Waals surface area contributed by atoms with Crippen LogP contribution in [-0.2, 0) is 0 Å². The lowest BCUT2D eigenvalue weighted by Gasteiger charge is -2.10. The smallest absolute Gasteiger partial charge is 0.0195 e. The van der Waals surface area contributed by atoms with Crippen LogP contribution in [0.25, 0.3) is 0 Å². The lowest BCUT2D eigenvalue weighted by Crippen LogP contribution is -2.04. The average Bonchev–Trinajstić information content (AvgIpc) is 2.46. The molecule has 0 aromatic carbocycles. The fourth-order valence-corrected chi connectivity index (χ4v) is 3.27. The summed E-state index contributed by atoms with van der Waals surface area (Å²) in [6.45, 7) is 2.42. The van der Waals surface area contributed by atoms with E-state index in [2.05, 4.69) is 6.92 Å². The van der Waals surface area contributed by atoms with E-state index >= 15 is 0 Å². The highest BCUT2D eigenvalue weighted by Crippen LogP contribution is 2.61. The quantitative estimate of drug-likeness (QED) is 0.430. The van der Waals surface area contributed by atoms with Gasteiger partial charge in [0.05, 0.1) is 0 Å². The third-order valence-electron chi connectivity index (χ3n) is 3.72. The maximum Gasteiger partial charge on any atom is -0.0195 e. The third-order valence-corrected chi connectivity index (χ3v) is 3.72. The number of rotatable bonds is 0. The zero-order valence-electron chi connectivity index (χ0n) is 5.85. The summed E-state index contributed by atoms with van der Waals surface area (Å²) in [4.78, 5) is 0. The van der Waals surface area contributed by atoms with Gasteiger partial charge in [0, 0.05) is 0 Å². The van der Waals surface area contributed by atoms with Gasteiger partial charge in [0.25, 0.3) is 0 Å². The van der Waals surface area contributed by atoms with Crippen LogP contribution in [0.15, 0.2) is 11.1 Å². The van der Waals surface area contributed by atoms with Crippen LogP contribution in [-0.4, -0.2) is 0 Å². The summed E-state index contributed by atoms with van der Waals surface area (Å²) in [5.41, 5.74) is 3.72. The molecule has 4 aliphatic carbocycles. The van der Waals surface area contributed by atoms with Gasteiger partial charge in [0.15, 0.2) is 0 Å². The summed E-state index contributed by atoms with van der Waals surface area (Å²) >= 11 is 0. The lowest BCUT2D eigenvalue weighted by atomic mass is 9.94. The Morgan fingerprint density at radius 2 is 2.11 bits per heavy atom. The largest absolute Gasteiger partial charge is 0.0701 e. The summed E-state index contributed by atoms with van der Waals surface area (Å²) in [5, 5.41) is 0. The van der Waals surface area contributed by atoms with Gasteiger partial charge in [0.1, 0.15) is 0 Å². The summed E-state index contributed by atoms with van der Waals surface area (Å²) in [5.74, 6) is 3.22. The van der Waals surface area contributed by atoms with Crippen LogP contribution in [0.3, 0.4) is 0 Å². The Morgan fingerprint density at radius 3 is 2.33 bits per heavy atom. The molecule has 0 saturated heterocycles. The van der Waals surface area contributed by atoms with Crippen molar-refractivity contribution in [1.29, 1.82) is 0 Å². The SMILES string of the molecule is CC1C2=C3CC(C2)C1C3. The molecule has 0 heteroatoms. The molecule has 0 amide bonds. The second-order valence-electron chi connectivity index (χ2n) is 3.95. The van der Waals surface area contributed by atoms with Crippen LogP contribution in [0.1, 0.15) is 26.2 Å². The predicted molar refractivity (Wildman–Crippen MR) is 37.0 cm³/mol. The second kappa shape index (κ2) is 1.12. The molecular weight excluding hydrogens is 108 g/mol. The van der Waals surface area contributed by atoms with Crippen molar-refractivity contribution in [2.45, 2.75) is 26.2 Å². The molecule has 2 saturated carbocycles. The summed E-state index contributed by atoms with van der Waals surface area (Å²) in [6, 6.07) is 0. The van der Waals surface area contributed by atoms with Gasteiger partial charge in [-0.3, -0.25) is 0 Å². The number of hydrogen-bond acceptors (Lipinski definition) is 0. The van der Waals surface area contributed by atoms with Crippen LogP contribution in [0.4, 0.5) is 0 Å². The van der Waals surface area contributed by atoms with E-state index in [1.165, 1.54) is 19.3 Å². The van der Waals surface area contributed by atoms with Gasteiger partial charge < -0.3 is 0 Å². The first kappa shape index (κ1) is 4.54. The molecule has 0 heterocycles. The lowest BCUT2D eigenvalue weighted by molar-refractivity contribution is 0.390. The Morgan fingerprint density at radius 1 is 1.22 bits per heavy atom. The van der Waals surface area contributed by atoms with Crippen LogP contribution >= 0.6 is 0 Å². The fourth-order valence-electron chi connectivity index (χ4n) is 3.27. The topological polar surface area (TPSA) is 0 Å². The molecule has 0 N–H and O–H groups in total. The Bertz CT molecular complexity index is 200. The minimum Gasteiger partial charge on any atom is -0.0701 e. The van der Waals surface area contributed by atoms with Crippen molar-refractivity contribution in [3.63, 3.8) is 0 Å². The molecular formula is C9H12. The highest BCUT2D eigenvalue weighted by Gasteiger charge is 2.49. The van der Waals surface area contributed by atoms with Crippen molar-refractivity contribution in [3.05, 3.63) is 11.1 Å². The van der Waals surface area contributed by atoms with Gasteiger partial charge in [-0.25, -0.2) is 0 Å². The van der Waals surface area contributed by atoms with Gasteiger partial charge in [0.2, 0.25) is 0 Å². The molecule has 4 bridgehead atoms. The van der Waals surface area contributed by atoms with Crippen LogP contribution in [0.2, 0.25) is 0 Å². The maximum atomic E-state index is 2.42. The van der Waals surface area contributed by atoms with Crippen molar-refractivity contribution in [2.24, 2.45) is 17.8 Å². The molecule has 3 atom stereocenters. The molecule has 0 aromatic rings. The summed E-state index contributed by atoms with van der Waals surface area (Å²) in [7, 11) is 0. The van der Waals surface area contributed by atoms with E-state index in [1.54, 1.807) is 0 Å². The zero-order valence-corrected chi connectivity index (χ0v) is 5.85. The van der Waals surface area contributed by atoms with Gasteiger partial charge in [-0.05, 0) is 37.0 Å². The molecule has 4 rings (SSSR count). The molecule has 9 heavy (non-hydrogen) atoms. The molecule has 0 aromatic heterocycles. The van der Waals surface area contributed by atoms with E-state index in [1.807, 2.05) is 11.1 Å². The standard InChI is InChI=1S/C9H12/c1-5-8-3-6-2-7(8)4-9(5)6/h5-6,9H,2-4H2,1H3. The first-order chi connectivity index (χ1) is 4.36. The number of allylic oxidation sites excluding steroid dienone is 2. The molecule has 0 radical (unpaired) electrons. The zero-order chi connectivity index (χ0) is 6.01. The van der Waals surface area contributed by atoms with Crippen LogP contribution in [0, 0.1) is 17.8 Å². The molecule has 48 valence electrons. The first-order valence-corrected chi connectivity index (χ1v) is 4.07. The van der Waals surface area contributed by atoms with Crippen LogP contribution < -0.4 is 0 Å². The minimum absolute atomic E-state index is 0.999. The third kappa shape index (κ3) is 0.331. The normalized spacial score (nSPS) is 52.3. The molecule has 3 unspecified atom stereocenters. The van der Waals surface area contributed by atoms with E-state index < -0.39 is 0 Å².